The summed E-state index contributed by atoms with van der Waals surface area (Å²) >= 11 is 0. The third kappa shape index (κ3) is 1.54. The van der Waals surface area contributed by atoms with E-state index in [0.717, 1.165) is 16.5 Å². The lowest BCUT2D eigenvalue weighted by Crippen LogP contribution is -1.91. The molecule has 3 aromatic rings. The molecule has 0 aliphatic carbocycles. The minimum Gasteiger partial charge on any atom is -0.494 e. The molecule has 4 nitrogen and oxygen atoms in total. The van der Waals surface area contributed by atoms with Crippen LogP contribution >= 0.6 is 0 Å². The molecule has 1 aromatic carbocycles. The second kappa shape index (κ2) is 3.90. The molecule has 0 N–H and O–H groups in total. The van der Waals surface area contributed by atoms with Gasteiger partial charge in [0.2, 0.25) is 5.89 Å². The van der Waals surface area contributed by atoms with Crippen molar-refractivity contribution in [2.75, 3.05) is 7.11 Å². The van der Waals surface area contributed by atoms with Crippen LogP contribution in [0.25, 0.3) is 22.4 Å². The number of fused-ring (bicyclic) bond motifs is 1. The van der Waals surface area contributed by atoms with Gasteiger partial charge in [-0.15, -0.1) is 0 Å². The van der Waals surface area contributed by atoms with Crippen molar-refractivity contribution >= 4 is 10.9 Å². The lowest BCUT2D eigenvalue weighted by molar-refractivity contribution is 0.413. The minimum absolute atomic E-state index is 0.542. The molecule has 17 heavy (non-hydrogen) atoms. The number of methoxy groups -OCH3 is 1. The molecule has 0 bridgehead atoms. The topological polar surface area (TPSA) is 48.2 Å². The first kappa shape index (κ1) is 9.84. The molecule has 4 heteroatoms. The van der Waals surface area contributed by atoms with Crippen LogP contribution in [0.1, 0.15) is 0 Å². The first-order chi connectivity index (χ1) is 8.40. The Morgan fingerprint density at radius 1 is 1.18 bits per heavy atom. The first-order valence-corrected chi connectivity index (χ1v) is 5.22. The van der Waals surface area contributed by atoms with Crippen molar-refractivity contribution in [2.24, 2.45) is 0 Å². The Kier molecular flexibility index (Phi) is 2.26. The van der Waals surface area contributed by atoms with Crippen molar-refractivity contribution in [2.45, 2.75) is 0 Å². The molecule has 0 unspecified atom stereocenters. The summed E-state index contributed by atoms with van der Waals surface area (Å²) in [5, 5.41) is 0.967. The number of hydrogen-bond acceptors (Lipinski definition) is 4. The minimum atomic E-state index is 0.542. The van der Waals surface area contributed by atoms with Gasteiger partial charge < -0.3 is 9.15 Å². The van der Waals surface area contributed by atoms with Crippen LogP contribution in [0.2, 0.25) is 0 Å². The molecule has 0 amide bonds. The van der Waals surface area contributed by atoms with Gasteiger partial charge in [0.05, 0.1) is 30.6 Å². The molecule has 0 atom stereocenters. The van der Waals surface area contributed by atoms with E-state index in [2.05, 4.69) is 9.97 Å². The number of nitrogens with zero attached hydrogens (tertiary/aromatic N) is 2. The molecule has 0 fully saturated rings. The van der Waals surface area contributed by atoms with E-state index in [0.29, 0.717) is 11.6 Å². The van der Waals surface area contributed by atoms with Crippen molar-refractivity contribution < 1.29 is 9.15 Å². The van der Waals surface area contributed by atoms with Crippen molar-refractivity contribution in [3.05, 3.63) is 42.9 Å². The normalized spacial score (nSPS) is 10.6. The zero-order chi connectivity index (χ0) is 11.7. The molecule has 3 rings (SSSR count). The Labute approximate surface area is 97.9 Å². The maximum Gasteiger partial charge on any atom is 0.230 e. The van der Waals surface area contributed by atoms with Crippen LogP contribution in [-0.4, -0.2) is 17.1 Å². The number of benzene rings is 1. The van der Waals surface area contributed by atoms with Gasteiger partial charge >= 0.3 is 0 Å². The summed E-state index contributed by atoms with van der Waals surface area (Å²) < 4.78 is 10.7. The maximum absolute atomic E-state index is 5.35. The van der Waals surface area contributed by atoms with Crippen molar-refractivity contribution in [1.29, 1.82) is 0 Å². The second-order valence-electron chi connectivity index (χ2n) is 3.56. The standard InChI is InChI=1S/C13H10N2O2/c1-16-11-8-15-10-5-3-2-4-9(10)12(11)13-14-6-7-17-13/h2-8H,1H3. The van der Waals surface area contributed by atoms with Crippen LogP contribution in [0.3, 0.4) is 0 Å². The van der Waals surface area contributed by atoms with Gasteiger partial charge in [-0.1, -0.05) is 18.2 Å². The fourth-order valence-corrected chi connectivity index (χ4v) is 1.85. The average molecular weight is 226 g/mol. The maximum atomic E-state index is 5.35. The van der Waals surface area contributed by atoms with E-state index in [9.17, 15) is 0 Å². The molecule has 0 aliphatic rings. The number of hydrogen-bond donors (Lipinski definition) is 0. The number of ether oxygens (including phenoxy) is 1. The Bertz CT molecular complexity index is 648. The summed E-state index contributed by atoms with van der Waals surface area (Å²) in [6, 6.07) is 7.82. The Morgan fingerprint density at radius 3 is 2.82 bits per heavy atom. The third-order valence-electron chi connectivity index (χ3n) is 2.61. The fraction of sp³-hybridized carbons (Fsp3) is 0.0769. The molecular weight excluding hydrogens is 216 g/mol. The molecule has 84 valence electrons. The number of rotatable bonds is 2. The Morgan fingerprint density at radius 2 is 2.06 bits per heavy atom. The highest BCUT2D eigenvalue weighted by Gasteiger charge is 2.14. The quantitative estimate of drug-likeness (QED) is 0.674. The summed E-state index contributed by atoms with van der Waals surface area (Å²) in [5.41, 5.74) is 1.73. The van der Waals surface area contributed by atoms with Gasteiger partial charge in [0.15, 0.2) is 0 Å². The lowest BCUT2D eigenvalue weighted by Gasteiger charge is -2.08. The average Bonchev–Trinajstić information content (AvgIpc) is 2.91. The number of aromatic nitrogens is 2. The number of pyridine rings is 1. The largest absolute Gasteiger partial charge is 0.494 e. The lowest BCUT2D eigenvalue weighted by atomic mass is 10.1. The molecule has 0 radical (unpaired) electrons. The van der Waals surface area contributed by atoms with Gasteiger partial charge in [-0.3, -0.25) is 4.98 Å². The molecule has 2 heterocycles. The molecule has 0 saturated carbocycles. The van der Waals surface area contributed by atoms with Gasteiger partial charge in [-0.2, -0.15) is 0 Å². The predicted molar refractivity (Wildman–Crippen MR) is 63.8 cm³/mol. The van der Waals surface area contributed by atoms with E-state index in [1.807, 2.05) is 24.3 Å². The fourth-order valence-electron chi connectivity index (χ4n) is 1.85. The van der Waals surface area contributed by atoms with E-state index in [1.54, 1.807) is 25.8 Å². The highest BCUT2D eigenvalue weighted by Crippen LogP contribution is 2.34. The number of para-hydroxylation sites is 1. The highest BCUT2D eigenvalue weighted by atomic mass is 16.5. The summed E-state index contributed by atoms with van der Waals surface area (Å²) in [5.74, 6) is 1.20. The zero-order valence-electron chi connectivity index (χ0n) is 9.25. The van der Waals surface area contributed by atoms with Crippen LogP contribution < -0.4 is 4.74 Å². The molecule has 0 spiro atoms. The number of oxazole rings is 1. The SMILES string of the molecule is COc1cnc2ccccc2c1-c1ncco1. The van der Waals surface area contributed by atoms with Gasteiger partial charge in [0.1, 0.15) is 12.0 Å². The zero-order valence-corrected chi connectivity index (χ0v) is 9.25. The van der Waals surface area contributed by atoms with Gasteiger partial charge in [0.25, 0.3) is 0 Å². The van der Waals surface area contributed by atoms with Crippen LogP contribution in [0, 0.1) is 0 Å². The Balaban J connectivity index is 2.39. The van der Waals surface area contributed by atoms with Crippen LogP contribution in [0.15, 0.2) is 47.3 Å². The van der Waals surface area contributed by atoms with E-state index in [4.69, 9.17) is 9.15 Å². The van der Waals surface area contributed by atoms with E-state index in [-0.39, 0.29) is 0 Å². The third-order valence-corrected chi connectivity index (χ3v) is 2.61. The van der Waals surface area contributed by atoms with Crippen LogP contribution in [0.5, 0.6) is 5.75 Å². The smallest absolute Gasteiger partial charge is 0.230 e. The van der Waals surface area contributed by atoms with Crippen LogP contribution in [-0.2, 0) is 0 Å². The van der Waals surface area contributed by atoms with Gasteiger partial charge in [-0.25, -0.2) is 4.98 Å². The van der Waals surface area contributed by atoms with E-state index in [1.165, 1.54) is 0 Å². The van der Waals surface area contributed by atoms with Gasteiger partial charge in [-0.05, 0) is 6.07 Å². The predicted octanol–water partition coefficient (Wildman–Crippen LogP) is 2.90. The summed E-state index contributed by atoms with van der Waals surface area (Å²) in [6.07, 6.45) is 4.84. The first-order valence-electron chi connectivity index (χ1n) is 5.22. The molecule has 2 aromatic heterocycles. The highest BCUT2D eigenvalue weighted by molar-refractivity contribution is 5.95. The van der Waals surface area contributed by atoms with Crippen molar-refractivity contribution in [1.82, 2.24) is 9.97 Å². The molecular formula is C13H10N2O2. The second-order valence-corrected chi connectivity index (χ2v) is 3.56. The molecule has 0 saturated heterocycles. The van der Waals surface area contributed by atoms with Gasteiger partial charge in [0, 0.05) is 5.39 Å². The van der Waals surface area contributed by atoms with Crippen molar-refractivity contribution in [3.8, 4) is 17.2 Å². The van der Waals surface area contributed by atoms with E-state index >= 15 is 0 Å². The monoisotopic (exact) mass is 226 g/mol. The Hall–Kier alpha value is -2.36. The summed E-state index contributed by atoms with van der Waals surface area (Å²) in [6.45, 7) is 0. The van der Waals surface area contributed by atoms with E-state index < -0.39 is 0 Å². The van der Waals surface area contributed by atoms with Crippen LogP contribution in [0.4, 0.5) is 0 Å². The molecule has 0 aliphatic heterocycles. The summed E-state index contributed by atoms with van der Waals surface area (Å²) in [7, 11) is 1.61. The van der Waals surface area contributed by atoms with Crippen molar-refractivity contribution in [3.63, 3.8) is 0 Å². The summed E-state index contributed by atoms with van der Waals surface area (Å²) in [4.78, 5) is 8.50.